The topological polar surface area (TPSA) is 0 Å². The summed E-state index contributed by atoms with van der Waals surface area (Å²) >= 11 is 0. The molecular formula is C14H26. The minimum Gasteiger partial charge on any atom is -0.0914 e. The van der Waals surface area contributed by atoms with E-state index in [2.05, 4.69) is 39.8 Å². The van der Waals surface area contributed by atoms with Gasteiger partial charge in [-0.25, -0.2) is 0 Å². The van der Waals surface area contributed by atoms with Crippen molar-refractivity contribution in [2.24, 2.45) is 17.3 Å². The fourth-order valence-corrected chi connectivity index (χ4v) is 3.33. The van der Waals surface area contributed by atoms with E-state index in [-0.39, 0.29) is 0 Å². The monoisotopic (exact) mass is 194 g/mol. The van der Waals surface area contributed by atoms with E-state index in [1.165, 1.54) is 32.1 Å². The zero-order valence-electron chi connectivity index (χ0n) is 10.3. The van der Waals surface area contributed by atoms with Crippen LogP contribution in [-0.2, 0) is 0 Å². The summed E-state index contributed by atoms with van der Waals surface area (Å²) in [5.74, 6) is 1.86. The normalized spacial score (nSPS) is 33.6. The largest absolute Gasteiger partial charge is 0.0914 e. The van der Waals surface area contributed by atoms with E-state index in [1.807, 2.05) is 0 Å². The van der Waals surface area contributed by atoms with Crippen LogP contribution in [0, 0.1) is 17.3 Å². The van der Waals surface area contributed by atoms with Crippen LogP contribution >= 0.6 is 0 Å². The van der Waals surface area contributed by atoms with Gasteiger partial charge in [-0.2, -0.15) is 0 Å². The zero-order chi connectivity index (χ0) is 10.6. The molecule has 14 heavy (non-hydrogen) atoms. The second-order valence-corrected chi connectivity index (χ2v) is 4.83. The van der Waals surface area contributed by atoms with Crippen LogP contribution in [0.4, 0.5) is 0 Å². The minimum absolute atomic E-state index is 0.699. The van der Waals surface area contributed by atoms with Crippen LogP contribution in [0.5, 0.6) is 0 Å². The van der Waals surface area contributed by atoms with E-state index >= 15 is 0 Å². The van der Waals surface area contributed by atoms with Crippen LogP contribution in [0.1, 0.15) is 59.8 Å². The third-order valence-corrected chi connectivity index (χ3v) is 4.09. The van der Waals surface area contributed by atoms with E-state index in [4.69, 9.17) is 0 Å². The van der Waals surface area contributed by atoms with Crippen molar-refractivity contribution in [2.45, 2.75) is 59.8 Å². The standard InChI is InChI=1S/C14H26/c1-5-9-12(7-3)14(10-6-2)11-13(14)8-4/h5,9,12-13H,6-8,10-11H2,1-4H3. The molecule has 0 spiro atoms. The average molecular weight is 194 g/mol. The summed E-state index contributed by atoms with van der Waals surface area (Å²) in [4.78, 5) is 0. The van der Waals surface area contributed by atoms with Gasteiger partial charge in [-0.15, -0.1) is 0 Å². The van der Waals surface area contributed by atoms with Gasteiger partial charge in [-0.1, -0.05) is 45.8 Å². The Morgan fingerprint density at radius 1 is 1.36 bits per heavy atom. The zero-order valence-corrected chi connectivity index (χ0v) is 10.3. The fraction of sp³-hybridized carbons (Fsp3) is 0.857. The Morgan fingerprint density at radius 3 is 2.43 bits per heavy atom. The quantitative estimate of drug-likeness (QED) is 0.532. The molecule has 1 fully saturated rings. The molecule has 0 radical (unpaired) electrons. The Morgan fingerprint density at radius 2 is 2.07 bits per heavy atom. The Hall–Kier alpha value is -0.260. The molecule has 0 nitrogen and oxygen atoms in total. The van der Waals surface area contributed by atoms with Crippen molar-refractivity contribution in [3.05, 3.63) is 12.2 Å². The van der Waals surface area contributed by atoms with Gasteiger partial charge in [0.05, 0.1) is 0 Å². The van der Waals surface area contributed by atoms with Crippen LogP contribution in [0.25, 0.3) is 0 Å². The Balaban J connectivity index is 2.67. The summed E-state index contributed by atoms with van der Waals surface area (Å²) in [6.45, 7) is 9.18. The third-order valence-electron chi connectivity index (χ3n) is 4.09. The second kappa shape index (κ2) is 5.00. The van der Waals surface area contributed by atoms with Crippen molar-refractivity contribution < 1.29 is 0 Å². The first-order chi connectivity index (χ1) is 6.75. The van der Waals surface area contributed by atoms with Crippen LogP contribution in [0.3, 0.4) is 0 Å². The predicted octanol–water partition coefficient (Wildman–Crippen LogP) is 4.81. The Bertz CT molecular complexity index is 192. The maximum atomic E-state index is 2.45. The molecule has 0 amide bonds. The van der Waals surface area contributed by atoms with Gasteiger partial charge in [0, 0.05) is 0 Å². The summed E-state index contributed by atoms with van der Waals surface area (Å²) in [7, 11) is 0. The van der Waals surface area contributed by atoms with Gasteiger partial charge < -0.3 is 0 Å². The van der Waals surface area contributed by atoms with Gasteiger partial charge >= 0.3 is 0 Å². The average Bonchev–Trinajstić information content (AvgIpc) is 2.89. The van der Waals surface area contributed by atoms with Crippen LogP contribution in [-0.4, -0.2) is 0 Å². The van der Waals surface area contributed by atoms with Gasteiger partial charge in [-0.3, -0.25) is 0 Å². The molecule has 0 aromatic rings. The molecule has 0 aliphatic heterocycles. The summed E-state index contributed by atoms with van der Waals surface area (Å²) in [6.07, 6.45) is 11.7. The number of allylic oxidation sites excluding steroid dienone is 2. The smallest absolute Gasteiger partial charge is 0.0177 e. The molecule has 1 rings (SSSR count). The second-order valence-electron chi connectivity index (χ2n) is 4.83. The highest BCUT2D eigenvalue weighted by molar-refractivity contribution is 5.10. The molecule has 0 aromatic carbocycles. The maximum Gasteiger partial charge on any atom is -0.0177 e. The molecule has 1 aliphatic rings. The van der Waals surface area contributed by atoms with E-state index in [0.717, 1.165) is 11.8 Å². The van der Waals surface area contributed by atoms with E-state index in [1.54, 1.807) is 0 Å². The first-order valence-corrected chi connectivity index (χ1v) is 6.37. The molecule has 1 aliphatic carbocycles. The molecule has 0 aromatic heterocycles. The summed E-state index contributed by atoms with van der Waals surface area (Å²) in [5, 5.41) is 0. The Labute approximate surface area is 89.8 Å². The van der Waals surface area contributed by atoms with Crippen molar-refractivity contribution in [1.29, 1.82) is 0 Å². The predicted molar refractivity (Wildman–Crippen MR) is 64.3 cm³/mol. The lowest BCUT2D eigenvalue weighted by molar-refractivity contribution is 0.296. The molecule has 0 bridgehead atoms. The molecule has 0 heterocycles. The van der Waals surface area contributed by atoms with Crippen molar-refractivity contribution >= 4 is 0 Å². The number of hydrogen-bond donors (Lipinski definition) is 0. The molecule has 3 unspecified atom stereocenters. The molecule has 82 valence electrons. The van der Waals surface area contributed by atoms with Crippen LogP contribution < -0.4 is 0 Å². The first-order valence-electron chi connectivity index (χ1n) is 6.37. The van der Waals surface area contributed by atoms with Crippen molar-refractivity contribution in [1.82, 2.24) is 0 Å². The molecule has 3 atom stereocenters. The SMILES string of the molecule is CC=CC(CC)C1(CCC)CC1CC. The highest BCUT2D eigenvalue weighted by atomic mass is 14.6. The van der Waals surface area contributed by atoms with Crippen molar-refractivity contribution in [2.75, 3.05) is 0 Å². The van der Waals surface area contributed by atoms with Gasteiger partial charge in [-0.05, 0) is 43.4 Å². The van der Waals surface area contributed by atoms with Gasteiger partial charge in [0.1, 0.15) is 0 Å². The summed E-state index contributed by atoms with van der Waals surface area (Å²) < 4.78 is 0. The summed E-state index contributed by atoms with van der Waals surface area (Å²) in [6, 6.07) is 0. The van der Waals surface area contributed by atoms with Gasteiger partial charge in [0.15, 0.2) is 0 Å². The third kappa shape index (κ3) is 2.04. The van der Waals surface area contributed by atoms with Crippen LogP contribution in [0.15, 0.2) is 12.2 Å². The molecule has 0 saturated heterocycles. The Kier molecular flexibility index (Phi) is 4.22. The number of rotatable bonds is 6. The lowest BCUT2D eigenvalue weighted by Crippen LogP contribution is -2.15. The molecule has 1 saturated carbocycles. The molecule has 0 N–H and O–H groups in total. The first kappa shape index (κ1) is 11.8. The van der Waals surface area contributed by atoms with Gasteiger partial charge in [0.25, 0.3) is 0 Å². The van der Waals surface area contributed by atoms with E-state index in [9.17, 15) is 0 Å². The lowest BCUT2D eigenvalue weighted by atomic mass is 9.80. The lowest BCUT2D eigenvalue weighted by Gasteiger charge is -2.24. The van der Waals surface area contributed by atoms with Crippen molar-refractivity contribution in [3.63, 3.8) is 0 Å². The van der Waals surface area contributed by atoms with Crippen LogP contribution in [0.2, 0.25) is 0 Å². The molecule has 0 heteroatoms. The van der Waals surface area contributed by atoms with E-state index < -0.39 is 0 Å². The minimum atomic E-state index is 0.699. The summed E-state index contributed by atoms with van der Waals surface area (Å²) in [5.41, 5.74) is 0.699. The maximum absolute atomic E-state index is 2.45. The molecular weight excluding hydrogens is 168 g/mol. The number of hydrogen-bond acceptors (Lipinski definition) is 0. The van der Waals surface area contributed by atoms with Crippen molar-refractivity contribution in [3.8, 4) is 0 Å². The highest BCUT2D eigenvalue weighted by Gasteiger charge is 2.54. The van der Waals surface area contributed by atoms with Gasteiger partial charge in [0.2, 0.25) is 0 Å². The fourth-order valence-electron chi connectivity index (χ4n) is 3.33. The highest BCUT2D eigenvalue weighted by Crippen LogP contribution is 2.63. The van der Waals surface area contributed by atoms with E-state index in [0.29, 0.717) is 5.41 Å².